The highest BCUT2D eigenvalue weighted by Gasteiger charge is 2.22. The summed E-state index contributed by atoms with van der Waals surface area (Å²) in [6, 6.07) is 3.55. The number of hydrogen-bond acceptors (Lipinski definition) is 7. The molecule has 0 amide bonds. The SMILES string of the molecule is COC(=O)c1ccc(C(C)OS(=O)[O-])c([N+](=O)[O-])c1. The van der Waals surface area contributed by atoms with Crippen LogP contribution in [0.3, 0.4) is 0 Å². The quantitative estimate of drug-likeness (QED) is 0.346. The van der Waals surface area contributed by atoms with Crippen LogP contribution in [0, 0.1) is 10.1 Å². The molecule has 0 heterocycles. The molecule has 0 fully saturated rings. The molecule has 0 saturated carbocycles. The van der Waals surface area contributed by atoms with Gasteiger partial charge in [-0.3, -0.25) is 14.3 Å². The average Bonchev–Trinajstić information content (AvgIpc) is 2.36. The van der Waals surface area contributed by atoms with Gasteiger partial charge in [0.1, 0.15) is 6.10 Å². The van der Waals surface area contributed by atoms with E-state index in [-0.39, 0.29) is 11.1 Å². The van der Waals surface area contributed by atoms with Gasteiger partial charge < -0.3 is 9.29 Å². The fourth-order valence-electron chi connectivity index (χ4n) is 1.46. The average molecular weight is 288 g/mol. The maximum atomic E-state index is 11.3. The van der Waals surface area contributed by atoms with Gasteiger partial charge in [0, 0.05) is 6.07 Å². The van der Waals surface area contributed by atoms with Crippen molar-refractivity contribution in [1.82, 2.24) is 0 Å². The minimum atomic E-state index is -2.80. The van der Waals surface area contributed by atoms with Crippen molar-refractivity contribution in [3.63, 3.8) is 0 Å². The molecule has 104 valence electrons. The molecule has 0 aliphatic rings. The highest BCUT2D eigenvalue weighted by Crippen LogP contribution is 2.29. The van der Waals surface area contributed by atoms with Gasteiger partial charge in [-0.05, 0) is 19.1 Å². The minimum absolute atomic E-state index is 0.00611. The number of benzene rings is 1. The molecule has 2 atom stereocenters. The highest BCUT2D eigenvalue weighted by atomic mass is 32.2. The van der Waals surface area contributed by atoms with Gasteiger partial charge in [0.15, 0.2) is 0 Å². The molecule has 1 rings (SSSR count). The van der Waals surface area contributed by atoms with E-state index in [1.165, 1.54) is 19.1 Å². The van der Waals surface area contributed by atoms with E-state index in [0.717, 1.165) is 13.2 Å². The standard InChI is InChI=1S/C10H11NO7S/c1-6(18-19(15)16)8-4-3-7(10(12)17-2)5-9(8)11(13)14/h3-6H,1-2H3,(H,15,16)/p-1. The van der Waals surface area contributed by atoms with Crippen LogP contribution in [-0.4, -0.2) is 26.8 Å². The number of rotatable bonds is 5. The molecular weight excluding hydrogens is 278 g/mol. The number of nitrogens with zero attached hydrogens (tertiary/aromatic N) is 1. The third kappa shape index (κ3) is 3.81. The Bertz CT molecular complexity index is 531. The van der Waals surface area contributed by atoms with Crippen molar-refractivity contribution in [3.05, 3.63) is 39.4 Å². The molecule has 0 bridgehead atoms. The largest absolute Gasteiger partial charge is 0.750 e. The third-order valence-corrected chi connectivity index (χ3v) is 2.75. The molecule has 1 aromatic rings. The molecule has 19 heavy (non-hydrogen) atoms. The molecule has 0 radical (unpaired) electrons. The number of carbonyl (C=O) groups is 1. The van der Waals surface area contributed by atoms with Crippen LogP contribution in [0.15, 0.2) is 18.2 Å². The van der Waals surface area contributed by atoms with Crippen LogP contribution in [-0.2, 0) is 20.3 Å². The Morgan fingerprint density at radius 2 is 2.11 bits per heavy atom. The molecule has 0 aliphatic heterocycles. The zero-order valence-corrected chi connectivity index (χ0v) is 10.8. The van der Waals surface area contributed by atoms with E-state index in [2.05, 4.69) is 8.92 Å². The van der Waals surface area contributed by atoms with E-state index in [4.69, 9.17) is 0 Å². The smallest absolute Gasteiger partial charge is 0.338 e. The van der Waals surface area contributed by atoms with E-state index in [0.29, 0.717) is 0 Å². The number of ether oxygens (including phenoxy) is 1. The van der Waals surface area contributed by atoms with Crippen molar-refractivity contribution in [2.75, 3.05) is 7.11 Å². The van der Waals surface area contributed by atoms with Crippen molar-refractivity contribution >= 4 is 23.0 Å². The topological polar surface area (TPSA) is 119 Å². The Morgan fingerprint density at radius 3 is 2.58 bits per heavy atom. The number of carbonyl (C=O) groups excluding carboxylic acids is 1. The van der Waals surface area contributed by atoms with Crippen LogP contribution >= 0.6 is 0 Å². The number of esters is 1. The van der Waals surface area contributed by atoms with E-state index in [1.807, 2.05) is 0 Å². The lowest BCUT2D eigenvalue weighted by Crippen LogP contribution is -2.08. The fourth-order valence-corrected chi connectivity index (χ4v) is 1.80. The first-order valence-corrected chi connectivity index (χ1v) is 6.00. The van der Waals surface area contributed by atoms with Crippen LogP contribution in [0.1, 0.15) is 28.9 Å². The zero-order valence-electron chi connectivity index (χ0n) is 10.0. The Kier molecular flexibility index (Phi) is 5.10. The summed E-state index contributed by atoms with van der Waals surface area (Å²) in [6.07, 6.45) is -1.04. The monoisotopic (exact) mass is 288 g/mol. The van der Waals surface area contributed by atoms with Crippen molar-refractivity contribution in [2.45, 2.75) is 13.0 Å². The van der Waals surface area contributed by atoms with Crippen molar-refractivity contribution < 1.29 is 27.4 Å². The second kappa shape index (κ2) is 6.36. The second-order valence-corrected chi connectivity index (χ2v) is 4.07. The molecule has 2 unspecified atom stereocenters. The number of hydrogen-bond donors (Lipinski definition) is 0. The summed E-state index contributed by atoms with van der Waals surface area (Å²) in [6.45, 7) is 1.34. The van der Waals surface area contributed by atoms with Gasteiger partial charge in [0.25, 0.3) is 5.69 Å². The normalized spacial score (nSPS) is 13.6. The molecule has 8 nitrogen and oxygen atoms in total. The Balaban J connectivity index is 3.22. The van der Waals surface area contributed by atoms with Crippen LogP contribution in [0.5, 0.6) is 0 Å². The van der Waals surface area contributed by atoms with Crippen molar-refractivity contribution in [2.24, 2.45) is 0 Å². The molecule has 9 heteroatoms. The lowest BCUT2D eigenvalue weighted by Gasteiger charge is -2.14. The van der Waals surface area contributed by atoms with Crippen molar-refractivity contribution in [3.8, 4) is 0 Å². The lowest BCUT2D eigenvalue weighted by molar-refractivity contribution is -0.386. The van der Waals surface area contributed by atoms with E-state index >= 15 is 0 Å². The highest BCUT2D eigenvalue weighted by molar-refractivity contribution is 7.74. The van der Waals surface area contributed by atoms with E-state index in [9.17, 15) is 23.7 Å². The summed E-state index contributed by atoms with van der Waals surface area (Å²) < 4.78 is 29.7. The predicted octanol–water partition coefficient (Wildman–Crippen LogP) is 1.25. The number of nitro groups is 1. The van der Waals surface area contributed by atoms with Crippen LogP contribution in [0.2, 0.25) is 0 Å². The molecule has 0 spiro atoms. The Morgan fingerprint density at radius 1 is 1.47 bits per heavy atom. The Labute approximate surface area is 111 Å². The second-order valence-electron chi connectivity index (χ2n) is 3.46. The number of nitro benzene ring substituents is 1. The zero-order chi connectivity index (χ0) is 14.6. The first-order chi connectivity index (χ1) is 8.86. The van der Waals surface area contributed by atoms with Crippen molar-refractivity contribution in [1.29, 1.82) is 0 Å². The van der Waals surface area contributed by atoms with E-state index in [1.54, 1.807) is 0 Å². The van der Waals surface area contributed by atoms with Crippen LogP contribution < -0.4 is 0 Å². The lowest BCUT2D eigenvalue weighted by atomic mass is 10.1. The van der Waals surface area contributed by atoms with Gasteiger partial charge in [0.05, 0.1) is 34.5 Å². The summed E-state index contributed by atoms with van der Waals surface area (Å²) in [5.41, 5.74) is -0.379. The Hall–Kier alpha value is -1.84. The fraction of sp³-hybridized carbons (Fsp3) is 0.300. The first-order valence-electron chi connectivity index (χ1n) is 5.00. The first kappa shape index (κ1) is 15.2. The molecular formula is C10H10NO7S-. The number of methoxy groups -OCH3 is 1. The van der Waals surface area contributed by atoms with Gasteiger partial charge in [0.2, 0.25) is 0 Å². The van der Waals surface area contributed by atoms with Gasteiger partial charge >= 0.3 is 5.97 Å². The van der Waals surface area contributed by atoms with Crippen LogP contribution in [0.25, 0.3) is 0 Å². The van der Waals surface area contributed by atoms with E-state index < -0.39 is 34.0 Å². The molecule has 1 aromatic carbocycles. The predicted molar refractivity (Wildman–Crippen MR) is 62.9 cm³/mol. The van der Waals surface area contributed by atoms with Gasteiger partial charge in [-0.25, -0.2) is 9.00 Å². The maximum Gasteiger partial charge on any atom is 0.338 e. The summed E-state index contributed by atoms with van der Waals surface area (Å²) in [5.74, 6) is -0.726. The van der Waals surface area contributed by atoms with Crippen LogP contribution in [0.4, 0.5) is 5.69 Å². The summed E-state index contributed by atoms with van der Waals surface area (Å²) in [4.78, 5) is 21.5. The van der Waals surface area contributed by atoms with Gasteiger partial charge in [-0.1, -0.05) is 0 Å². The minimum Gasteiger partial charge on any atom is -0.750 e. The molecule has 0 N–H and O–H groups in total. The molecule has 0 aromatic heterocycles. The van der Waals surface area contributed by atoms with Gasteiger partial charge in [-0.2, -0.15) is 0 Å². The molecule has 0 aliphatic carbocycles. The summed E-state index contributed by atoms with van der Waals surface area (Å²) >= 11 is -2.80. The van der Waals surface area contributed by atoms with Gasteiger partial charge in [-0.15, -0.1) is 0 Å². The molecule has 0 saturated heterocycles. The summed E-state index contributed by atoms with van der Waals surface area (Å²) in [5, 5.41) is 10.9. The summed E-state index contributed by atoms with van der Waals surface area (Å²) in [7, 11) is 1.15. The maximum absolute atomic E-state index is 11.3. The third-order valence-electron chi connectivity index (χ3n) is 2.31.